The number of ether oxygens (including phenoxy) is 1. The zero-order valence-electron chi connectivity index (χ0n) is 12.7. The fraction of sp³-hybridized carbons (Fsp3) is 0.118. The summed E-state index contributed by atoms with van der Waals surface area (Å²) in [5.74, 6) is -1.25. The second kappa shape index (κ2) is 6.76. The molecule has 0 atom stereocenters. The first kappa shape index (κ1) is 16.1. The second-order valence-corrected chi connectivity index (χ2v) is 6.02. The number of aromatic nitrogens is 2. The Morgan fingerprint density at radius 1 is 1.25 bits per heavy atom. The monoisotopic (exact) mass is 344 g/mol. The van der Waals surface area contributed by atoms with Crippen LogP contribution in [0, 0.1) is 12.7 Å². The topological polar surface area (TPSA) is 72.0 Å². The maximum absolute atomic E-state index is 13.0. The van der Waals surface area contributed by atoms with E-state index >= 15 is 0 Å². The lowest BCUT2D eigenvalue weighted by atomic mass is 10.2. The Morgan fingerprint density at radius 2 is 2.00 bits per heavy atom. The molecular weight excluding hydrogens is 331 g/mol. The summed E-state index contributed by atoms with van der Waals surface area (Å²) < 4.78 is 18.0. The van der Waals surface area contributed by atoms with E-state index in [4.69, 9.17) is 4.74 Å². The van der Waals surface area contributed by atoms with Crippen LogP contribution in [0.15, 0.2) is 42.6 Å². The fourth-order valence-corrected chi connectivity index (χ4v) is 3.05. The van der Waals surface area contributed by atoms with Crippen molar-refractivity contribution < 1.29 is 18.7 Å². The molecule has 1 N–H and O–H groups in total. The molecule has 0 fully saturated rings. The van der Waals surface area contributed by atoms with Crippen molar-refractivity contribution in [3.8, 4) is 10.6 Å². The molecule has 0 radical (unpaired) electrons. The number of rotatable bonds is 5. The van der Waals surface area contributed by atoms with Crippen molar-refractivity contribution in [2.75, 3.05) is 6.61 Å². The number of halogens is 1. The van der Waals surface area contributed by atoms with Crippen LogP contribution in [0.3, 0.4) is 0 Å². The fourth-order valence-electron chi connectivity index (χ4n) is 2.08. The van der Waals surface area contributed by atoms with Gasteiger partial charge in [0.1, 0.15) is 15.7 Å². The van der Waals surface area contributed by atoms with Gasteiger partial charge in [0.2, 0.25) is 5.78 Å². The normalized spacial score (nSPS) is 10.6. The number of esters is 1. The molecule has 2 aromatic heterocycles. The number of aryl methyl sites for hydroxylation is 1. The number of Topliss-reactive ketones (excluding diaryl/α,β-unsaturated/α-hetero) is 1. The zero-order chi connectivity index (χ0) is 17.1. The van der Waals surface area contributed by atoms with Crippen molar-refractivity contribution in [1.82, 2.24) is 9.97 Å². The standard InChI is InChI=1S/C17H13FN2O3S/c1-10-15(17(22)23-9-14(21)13-3-2-8-19-13)24-16(20-10)11-4-6-12(18)7-5-11/h2-8,19H,9H2,1H3. The number of ketones is 1. The number of thiazole rings is 1. The van der Waals surface area contributed by atoms with Crippen LogP contribution in [0.25, 0.3) is 10.6 Å². The predicted octanol–water partition coefficient (Wildman–Crippen LogP) is 3.63. The lowest BCUT2D eigenvalue weighted by Gasteiger charge is -2.01. The highest BCUT2D eigenvalue weighted by Crippen LogP contribution is 2.28. The average Bonchev–Trinajstić information content (AvgIpc) is 3.23. The summed E-state index contributed by atoms with van der Waals surface area (Å²) in [6, 6.07) is 9.16. The number of H-pyrrole nitrogens is 1. The van der Waals surface area contributed by atoms with E-state index in [9.17, 15) is 14.0 Å². The number of carbonyl (C=O) groups is 2. The second-order valence-electron chi connectivity index (χ2n) is 5.02. The first-order valence-corrected chi connectivity index (χ1v) is 7.93. The van der Waals surface area contributed by atoms with Gasteiger partial charge in [-0.05, 0) is 43.3 Å². The smallest absolute Gasteiger partial charge is 0.350 e. The molecule has 0 unspecified atom stereocenters. The van der Waals surface area contributed by atoms with Crippen molar-refractivity contribution >= 4 is 23.1 Å². The van der Waals surface area contributed by atoms with Crippen LogP contribution in [0.1, 0.15) is 25.9 Å². The molecular formula is C17H13FN2O3S. The highest BCUT2D eigenvalue weighted by molar-refractivity contribution is 7.17. The van der Waals surface area contributed by atoms with Gasteiger partial charge in [0.15, 0.2) is 6.61 Å². The van der Waals surface area contributed by atoms with Crippen LogP contribution in [-0.2, 0) is 4.74 Å². The zero-order valence-corrected chi connectivity index (χ0v) is 13.5. The van der Waals surface area contributed by atoms with E-state index in [0.29, 0.717) is 26.8 Å². The van der Waals surface area contributed by atoms with Gasteiger partial charge < -0.3 is 9.72 Å². The summed E-state index contributed by atoms with van der Waals surface area (Å²) in [5, 5.41) is 0.593. The third-order valence-electron chi connectivity index (χ3n) is 3.31. The summed E-state index contributed by atoms with van der Waals surface area (Å²) in [7, 11) is 0. The molecule has 0 saturated heterocycles. The van der Waals surface area contributed by atoms with Gasteiger partial charge in [0, 0.05) is 11.8 Å². The van der Waals surface area contributed by atoms with Gasteiger partial charge in [-0.2, -0.15) is 0 Å². The van der Waals surface area contributed by atoms with Crippen molar-refractivity contribution in [2.24, 2.45) is 0 Å². The summed E-state index contributed by atoms with van der Waals surface area (Å²) in [6.07, 6.45) is 1.62. The van der Waals surface area contributed by atoms with E-state index in [-0.39, 0.29) is 18.2 Å². The quantitative estimate of drug-likeness (QED) is 0.567. The van der Waals surface area contributed by atoms with Crippen LogP contribution in [-0.4, -0.2) is 28.3 Å². The van der Waals surface area contributed by atoms with Gasteiger partial charge >= 0.3 is 5.97 Å². The van der Waals surface area contributed by atoms with Crippen molar-refractivity contribution in [1.29, 1.82) is 0 Å². The SMILES string of the molecule is Cc1nc(-c2ccc(F)cc2)sc1C(=O)OCC(=O)c1ccc[nH]1. The van der Waals surface area contributed by atoms with Crippen LogP contribution in [0.2, 0.25) is 0 Å². The minimum atomic E-state index is -0.599. The van der Waals surface area contributed by atoms with Crippen molar-refractivity contribution in [2.45, 2.75) is 6.92 Å². The molecule has 122 valence electrons. The minimum absolute atomic E-state index is 0.311. The van der Waals surface area contributed by atoms with Crippen LogP contribution >= 0.6 is 11.3 Å². The number of nitrogens with one attached hydrogen (secondary N) is 1. The van der Waals surface area contributed by atoms with Gasteiger partial charge in [-0.3, -0.25) is 4.79 Å². The third kappa shape index (κ3) is 3.41. The van der Waals surface area contributed by atoms with Crippen molar-refractivity contribution in [3.05, 3.63) is 64.7 Å². The molecule has 0 aliphatic rings. The molecule has 5 nitrogen and oxygen atoms in total. The lowest BCUT2D eigenvalue weighted by Crippen LogP contribution is -2.14. The number of carbonyl (C=O) groups excluding carboxylic acids is 2. The summed E-state index contributed by atoms with van der Waals surface area (Å²) in [6.45, 7) is 1.34. The van der Waals surface area contributed by atoms with E-state index in [1.165, 1.54) is 12.1 Å². The average molecular weight is 344 g/mol. The molecule has 24 heavy (non-hydrogen) atoms. The Bertz CT molecular complexity index is 870. The predicted molar refractivity (Wildman–Crippen MR) is 87.7 cm³/mol. The molecule has 0 bridgehead atoms. The van der Waals surface area contributed by atoms with Gasteiger partial charge in [-0.15, -0.1) is 11.3 Å². The summed E-state index contributed by atoms with van der Waals surface area (Å²) >= 11 is 1.15. The largest absolute Gasteiger partial charge is 0.453 e. The lowest BCUT2D eigenvalue weighted by molar-refractivity contribution is 0.0477. The highest BCUT2D eigenvalue weighted by atomic mass is 32.1. The molecule has 0 aliphatic heterocycles. The minimum Gasteiger partial charge on any atom is -0.453 e. The Hall–Kier alpha value is -2.80. The maximum atomic E-state index is 13.0. The van der Waals surface area contributed by atoms with Gasteiger partial charge in [0.05, 0.1) is 11.4 Å². The molecule has 3 rings (SSSR count). The number of hydrogen-bond donors (Lipinski definition) is 1. The van der Waals surface area contributed by atoms with E-state index in [1.54, 1.807) is 37.4 Å². The van der Waals surface area contributed by atoms with Crippen LogP contribution in [0.5, 0.6) is 0 Å². The Labute approximate surface area is 141 Å². The number of hydrogen-bond acceptors (Lipinski definition) is 5. The van der Waals surface area contributed by atoms with Crippen molar-refractivity contribution in [3.63, 3.8) is 0 Å². The highest BCUT2D eigenvalue weighted by Gasteiger charge is 2.19. The van der Waals surface area contributed by atoms with Gasteiger partial charge in [0.25, 0.3) is 0 Å². The van der Waals surface area contributed by atoms with E-state index < -0.39 is 5.97 Å². The van der Waals surface area contributed by atoms with Crippen LogP contribution in [0.4, 0.5) is 4.39 Å². The molecule has 1 aromatic carbocycles. The molecule has 0 amide bonds. The number of nitrogens with zero attached hydrogens (tertiary/aromatic N) is 1. The van der Waals surface area contributed by atoms with Crippen LogP contribution < -0.4 is 0 Å². The molecule has 2 heterocycles. The molecule has 3 aromatic rings. The van der Waals surface area contributed by atoms with E-state index in [2.05, 4.69) is 9.97 Å². The van der Waals surface area contributed by atoms with Gasteiger partial charge in [-0.1, -0.05) is 0 Å². The third-order valence-corrected chi connectivity index (χ3v) is 4.49. The molecule has 0 saturated carbocycles. The Morgan fingerprint density at radius 3 is 2.67 bits per heavy atom. The summed E-state index contributed by atoms with van der Waals surface area (Å²) in [5.41, 5.74) is 1.61. The Kier molecular flexibility index (Phi) is 4.52. The number of aromatic amines is 1. The van der Waals surface area contributed by atoms with E-state index in [1.807, 2.05) is 0 Å². The number of benzene rings is 1. The molecule has 0 aliphatic carbocycles. The molecule has 7 heteroatoms. The Balaban J connectivity index is 1.71. The maximum Gasteiger partial charge on any atom is 0.350 e. The first-order chi connectivity index (χ1) is 11.5. The summed E-state index contributed by atoms with van der Waals surface area (Å²) in [4.78, 5) is 31.4. The van der Waals surface area contributed by atoms with E-state index in [0.717, 1.165) is 11.3 Å². The molecule has 0 spiro atoms. The van der Waals surface area contributed by atoms with Gasteiger partial charge in [-0.25, -0.2) is 14.2 Å². The first-order valence-electron chi connectivity index (χ1n) is 7.11.